The summed E-state index contributed by atoms with van der Waals surface area (Å²) in [7, 11) is 0. The molecule has 0 unspecified atom stereocenters. The normalized spacial score (nSPS) is 10.9. The van der Waals surface area contributed by atoms with Gasteiger partial charge in [0, 0.05) is 5.54 Å². The van der Waals surface area contributed by atoms with Crippen LogP contribution in [0.5, 0.6) is 5.75 Å². The van der Waals surface area contributed by atoms with E-state index in [1.165, 1.54) is 12.1 Å². The molecule has 0 saturated heterocycles. The van der Waals surface area contributed by atoms with Crippen molar-refractivity contribution in [3.8, 4) is 5.75 Å². The predicted octanol–water partition coefficient (Wildman–Crippen LogP) is 1.99. The minimum Gasteiger partial charge on any atom is -0.484 e. The molecule has 0 radical (unpaired) electrons. The Balaban J connectivity index is 2.64. The minimum absolute atomic E-state index is 0.0927. The molecule has 1 amide bonds. The first-order chi connectivity index (χ1) is 8.69. The van der Waals surface area contributed by atoms with Gasteiger partial charge in [-0.15, -0.1) is 0 Å². The number of carboxylic acid groups (broad SMARTS) is 1. The zero-order chi connectivity index (χ0) is 14.6. The smallest absolute Gasteiger partial charge is 0.335 e. The van der Waals surface area contributed by atoms with Gasteiger partial charge in [-0.3, -0.25) is 4.79 Å². The number of carbonyl (C=O) groups excluding carboxylic acids is 1. The van der Waals surface area contributed by atoms with Crippen LogP contribution >= 0.6 is 0 Å². The van der Waals surface area contributed by atoms with E-state index in [0.717, 1.165) is 0 Å². The first-order valence-electron chi connectivity index (χ1n) is 5.97. The lowest BCUT2D eigenvalue weighted by Crippen LogP contribution is -2.43. The molecule has 19 heavy (non-hydrogen) atoms. The molecule has 1 aromatic rings. The monoisotopic (exact) mass is 265 g/mol. The van der Waals surface area contributed by atoms with Crippen molar-refractivity contribution in [1.29, 1.82) is 0 Å². The highest BCUT2D eigenvalue weighted by Crippen LogP contribution is 2.19. The molecule has 0 saturated carbocycles. The van der Waals surface area contributed by atoms with Gasteiger partial charge in [0.1, 0.15) is 5.75 Å². The van der Waals surface area contributed by atoms with Gasteiger partial charge in [0.05, 0.1) is 5.56 Å². The molecular formula is C14H19NO4. The number of carbonyl (C=O) groups is 2. The molecular weight excluding hydrogens is 246 g/mol. The molecule has 0 spiro atoms. The number of amides is 1. The van der Waals surface area contributed by atoms with Gasteiger partial charge in [-0.05, 0) is 51.5 Å². The second-order valence-electron chi connectivity index (χ2n) is 5.37. The zero-order valence-corrected chi connectivity index (χ0v) is 11.6. The average molecular weight is 265 g/mol. The van der Waals surface area contributed by atoms with Crippen LogP contribution < -0.4 is 10.1 Å². The van der Waals surface area contributed by atoms with Crippen molar-refractivity contribution in [3.63, 3.8) is 0 Å². The van der Waals surface area contributed by atoms with Crippen LogP contribution in [0.15, 0.2) is 18.2 Å². The van der Waals surface area contributed by atoms with Crippen molar-refractivity contribution in [2.45, 2.75) is 33.2 Å². The maximum Gasteiger partial charge on any atom is 0.335 e. The molecule has 0 fully saturated rings. The highest BCUT2D eigenvalue weighted by Gasteiger charge is 2.14. The number of ether oxygens (including phenoxy) is 1. The quantitative estimate of drug-likeness (QED) is 0.873. The molecule has 1 aromatic carbocycles. The Labute approximate surface area is 112 Å². The number of aromatic carboxylic acids is 1. The summed E-state index contributed by atoms with van der Waals surface area (Å²) in [6.45, 7) is 7.31. The number of hydrogen-bond acceptors (Lipinski definition) is 3. The first kappa shape index (κ1) is 15.0. The zero-order valence-electron chi connectivity index (χ0n) is 11.6. The van der Waals surface area contributed by atoms with Crippen LogP contribution in [0.1, 0.15) is 36.7 Å². The fraction of sp³-hybridized carbons (Fsp3) is 0.429. The molecule has 0 bridgehead atoms. The summed E-state index contributed by atoms with van der Waals surface area (Å²) in [6, 6.07) is 4.52. The van der Waals surface area contributed by atoms with Crippen molar-refractivity contribution < 1.29 is 19.4 Å². The second-order valence-corrected chi connectivity index (χ2v) is 5.37. The summed E-state index contributed by atoms with van der Waals surface area (Å²) >= 11 is 0. The lowest BCUT2D eigenvalue weighted by Gasteiger charge is -2.20. The lowest BCUT2D eigenvalue weighted by atomic mass is 10.1. The standard InChI is InChI=1S/C14H19NO4/c1-9-7-10(13(17)18)5-6-11(9)19-8-12(16)15-14(2,3)4/h5-7H,8H2,1-4H3,(H,15,16)(H,17,18). The van der Waals surface area contributed by atoms with E-state index in [4.69, 9.17) is 9.84 Å². The summed E-state index contributed by atoms with van der Waals surface area (Å²) in [4.78, 5) is 22.4. The average Bonchev–Trinajstić information content (AvgIpc) is 2.24. The molecule has 104 valence electrons. The van der Waals surface area contributed by atoms with E-state index in [1.807, 2.05) is 20.8 Å². The lowest BCUT2D eigenvalue weighted by molar-refractivity contribution is -0.124. The van der Waals surface area contributed by atoms with Gasteiger partial charge in [0.2, 0.25) is 0 Å². The van der Waals surface area contributed by atoms with Gasteiger partial charge in [0.25, 0.3) is 5.91 Å². The third kappa shape index (κ3) is 4.99. The van der Waals surface area contributed by atoms with Crippen LogP contribution in [0.4, 0.5) is 0 Å². The summed E-state index contributed by atoms with van der Waals surface area (Å²) in [6.07, 6.45) is 0. The molecule has 0 aromatic heterocycles. The van der Waals surface area contributed by atoms with Gasteiger partial charge < -0.3 is 15.2 Å². The van der Waals surface area contributed by atoms with E-state index in [-0.39, 0.29) is 23.6 Å². The molecule has 0 aliphatic carbocycles. The van der Waals surface area contributed by atoms with Gasteiger partial charge in [0.15, 0.2) is 6.61 Å². The highest BCUT2D eigenvalue weighted by molar-refractivity contribution is 5.88. The maximum atomic E-state index is 11.6. The molecule has 0 aliphatic rings. The Bertz CT molecular complexity index is 489. The van der Waals surface area contributed by atoms with Gasteiger partial charge in [-0.25, -0.2) is 4.79 Å². The summed E-state index contributed by atoms with van der Waals surface area (Å²) < 4.78 is 5.37. The number of hydrogen-bond donors (Lipinski definition) is 2. The van der Waals surface area contributed by atoms with E-state index in [2.05, 4.69) is 5.32 Å². The second kappa shape index (κ2) is 5.73. The van der Waals surface area contributed by atoms with E-state index in [0.29, 0.717) is 11.3 Å². The molecule has 1 rings (SSSR count). The maximum absolute atomic E-state index is 11.6. The summed E-state index contributed by atoms with van der Waals surface area (Å²) in [5.74, 6) is -0.691. The van der Waals surface area contributed by atoms with E-state index < -0.39 is 5.97 Å². The largest absolute Gasteiger partial charge is 0.484 e. The van der Waals surface area contributed by atoms with Crippen molar-refractivity contribution >= 4 is 11.9 Å². The minimum atomic E-state index is -0.986. The molecule has 2 N–H and O–H groups in total. The fourth-order valence-corrected chi connectivity index (χ4v) is 1.54. The molecule has 5 nitrogen and oxygen atoms in total. The van der Waals surface area contributed by atoms with Crippen LogP contribution in [-0.4, -0.2) is 29.1 Å². The van der Waals surface area contributed by atoms with Crippen molar-refractivity contribution in [2.75, 3.05) is 6.61 Å². The SMILES string of the molecule is Cc1cc(C(=O)O)ccc1OCC(=O)NC(C)(C)C. The Morgan fingerprint density at radius 1 is 1.32 bits per heavy atom. The van der Waals surface area contributed by atoms with Crippen molar-refractivity contribution in [2.24, 2.45) is 0 Å². The highest BCUT2D eigenvalue weighted by atomic mass is 16.5. The van der Waals surface area contributed by atoms with E-state index in [1.54, 1.807) is 13.0 Å². The molecule has 0 heterocycles. The Morgan fingerprint density at radius 3 is 2.42 bits per heavy atom. The van der Waals surface area contributed by atoms with Gasteiger partial charge >= 0.3 is 5.97 Å². The summed E-state index contributed by atoms with van der Waals surface area (Å²) in [5.41, 5.74) is 0.579. The van der Waals surface area contributed by atoms with Gasteiger partial charge in [-0.1, -0.05) is 0 Å². The van der Waals surface area contributed by atoms with E-state index in [9.17, 15) is 9.59 Å². The number of nitrogens with one attached hydrogen (secondary N) is 1. The number of carboxylic acids is 1. The van der Waals surface area contributed by atoms with Crippen LogP contribution in [0.25, 0.3) is 0 Å². The number of rotatable bonds is 4. The van der Waals surface area contributed by atoms with Crippen molar-refractivity contribution in [1.82, 2.24) is 5.32 Å². The van der Waals surface area contributed by atoms with Crippen LogP contribution in [-0.2, 0) is 4.79 Å². The fourth-order valence-electron chi connectivity index (χ4n) is 1.54. The Hall–Kier alpha value is -2.04. The molecule has 0 atom stereocenters. The molecule has 0 aliphatic heterocycles. The third-order valence-corrected chi connectivity index (χ3v) is 2.30. The van der Waals surface area contributed by atoms with E-state index >= 15 is 0 Å². The van der Waals surface area contributed by atoms with Crippen LogP contribution in [0.3, 0.4) is 0 Å². The Morgan fingerprint density at radius 2 is 1.95 bits per heavy atom. The number of benzene rings is 1. The van der Waals surface area contributed by atoms with Crippen LogP contribution in [0, 0.1) is 6.92 Å². The van der Waals surface area contributed by atoms with Crippen LogP contribution in [0.2, 0.25) is 0 Å². The molecule has 5 heteroatoms. The first-order valence-corrected chi connectivity index (χ1v) is 5.97. The number of aryl methyl sites for hydroxylation is 1. The predicted molar refractivity (Wildman–Crippen MR) is 71.5 cm³/mol. The third-order valence-electron chi connectivity index (χ3n) is 2.30. The van der Waals surface area contributed by atoms with Crippen molar-refractivity contribution in [3.05, 3.63) is 29.3 Å². The Kier molecular flexibility index (Phi) is 4.53. The summed E-state index contributed by atoms with van der Waals surface area (Å²) in [5, 5.41) is 11.6. The topological polar surface area (TPSA) is 75.6 Å². The van der Waals surface area contributed by atoms with Gasteiger partial charge in [-0.2, -0.15) is 0 Å².